The number of carboxylic acids is 1. The van der Waals surface area contributed by atoms with Crippen molar-refractivity contribution in [1.29, 1.82) is 0 Å². The summed E-state index contributed by atoms with van der Waals surface area (Å²) in [5.41, 5.74) is 0.609. The lowest BCUT2D eigenvalue weighted by molar-refractivity contribution is -0.138. The monoisotopic (exact) mass is 313 g/mol. The first-order chi connectivity index (χ1) is 10.1. The summed E-state index contributed by atoms with van der Waals surface area (Å²) in [4.78, 5) is 10.9. The topological polar surface area (TPSA) is 42.2 Å². The second-order valence-corrected chi connectivity index (χ2v) is 5.81. The van der Waals surface area contributed by atoms with E-state index in [0.717, 1.165) is 12.1 Å². The normalized spacial score (nSPS) is 13.8. The molecule has 1 atom stereocenters. The zero-order valence-electron chi connectivity index (χ0n) is 12.6. The summed E-state index contributed by atoms with van der Waals surface area (Å²) in [7, 11) is 0. The van der Waals surface area contributed by atoms with E-state index in [1.165, 1.54) is 6.07 Å². The maximum atomic E-state index is 12.9. The average molecular weight is 313 g/mol. The number of benzene rings is 1. The van der Waals surface area contributed by atoms with Gasteiger partial charge in [-0.3, -0.25) is 4.79 Å². The standard InChI is InChI=1S/C16H18F3NO2/c1-9(2)20-8-13(10(3)6-15(21)22)12-7-11(16(17,18)19)4-5-14(12)20/h4-5,7-10H,6H2,1-3H3,(H,21,22). The Balaban J connectivity index is 2.65. The van der Waals surface area contributed by atoms with Crippen LogP contribution in [0.15, 0.2) is 24.4 Å². The molecule has 0 saturated carbocycles. The molecule has 22 heavy (non-hydrogen) atoms. The first-order valence-corrected chi connectivity index (χ1v) is 7.04. The van der Waals surface area contributed by atoms with Gasteiger partial charge in [-0.2, -0.15) is 13.2 Å². The molecule has 1 N–H and O–H groups in total. The summed E-state index contributed by atoms with van der Waals surface area (Å²) >= 11 is 0. The molecule has 2 aromatic rings. The molecule has 2 rings (SSSR count). The second kappa shape index (κ2) is 5.66. The fourth-order valence-corrected chi connectivity index (χ4v) is 2.65. The number of carbonyl (C=O) groups is 1. The van der Waals surface area contributed by atoms with Gasteiger partial charge in [0.1, 0.15) is 0 Å². The number of aromatic nitrogens is 1. The smallest absolute Gasteiger partial charge is 0.416 e. The summed E-state index contributed by atoms with van der Waals surface area (Å²) in [5, 5.41) is 9.40. The largest absolute Gasteiger partial charge is 0.481 e. The number of carboxylic acid groups (broad SMARTS) is 1. The highest BCUT2D eigenvalue weighted by atomic mass is 19.4. The molecule has 0 aliphatic heterocycles. The van der Waals surface area contributed by atoms with E-state index in [1.807, 2.05) is 18.4 Å². The fourth-order valence-electron chi connectivity index (χ4n) is 2.65. The number of hydrogen-bond donors (Lipinski definition) is 1. The Morgan fingerprint density at radius 2 is 1.91 bits per heavy atom. The molecule has 1 unspecified atom stereocenters. The van der Waals surface area contributed by atoms with E-state index in [4.69, 9.17) is 5.11 Å². The molecular formula is C16H18F3NO2. The minimum Gasteiger partial charge on any atom is -0.481 e. The first kappa shape index (κ1) is 16.4. The van der Waals surface area contributed by atoms with E-state index in [-0.39, 0.29) is 18.4 Å². The van der Waals surface area contributed by atoms with Crippen molar-refractivity contribution < 1.29 is 23.1 Å². The van der Waals surface area contributed by atoms with Crippen molar-refractivity contribution in [3.05, 3.63) is 35.5 Å². The van der Waals surface area contributed by atoms with Gasteiger partial charge >= 0.3 is 12.1 Å². The SMILES string of the molecule is CC(CC(=O)O)c1cn(C(C)C)c2ccc(C(F)(F)F)cc12. The van der Waals surface area contributed by atoms with Crippen LogP contribution < -0.4 is 0 Å². The van der Waals surface area contributed by atoms with Gasteiger partial charge in [0.15, 0.2) is 0 Å². The van der Waals surface area contributed by atoms with Gasteiger partial charge in [-0.1, -0.05) is 6.92 Å². The van der Waals surface area contributed by atoms with Crippen molar-refractivity contribution in [1.82, 2.24) is 4.57 Å². The van der Waals surface area contributed by atoms with Crippen molar-refractivity contribution >= 4 is 16.9 Å². The minimum absolute atomic E-state index is 0.0741. The third-order valence-corrected chi connectivity index (χ3v) is 3.76. The van der Waals surface area contributed by atoms with Crippen LogP contribution in [-0.2, 0) is 11.0 Å². The number of halogens is 3. The van der Waals surface area contributed by atoms with E-state index in [1.54, 1.807) is 13.1 Å². The molecule has 0 aliphatic rings. The second-order valence-electron chi connectivity index (χ2n) is 5.81. The van der Waals surface area contributed by atoms with E-state index in [9.17, 15) is 18.0 Å². The highest BCUT2D eigenvalue weighted by molar-refractivity contribution is 5.86. The number of aliphatic carboxylic acids is 1. The molecule has 0 saturated heterocycles. The van der Waals surface area contributed by atoms with Crippen molar-refractivity contribution in [3.63, 3.8) is 0 Å². The Morgan fingerprint density at radius 1 is 1.27 bits per heavy atom. The minimum atomic E-state index is -4.42. The summed E-state index contributed by atoms with van der Waals surface area (Å²) in [5.74, 6) is -1.33. The number of fused-ring (bicyclic) bond motifs is 1. The van der Waals surface area contributed by atoms with Crippen LogP contribution in [0, 0.1) is 0 Å². The number of nitrogens with zero attached hydrogens (tertiary/aromatic N) is 1. The van der Waals surface area contributed by atoms with Gasteiger partial charge in [-0.15, -0.1) is 0 Å². The predicted octanol–water partition coefficient (Wildman–Crippen LogP) is 4.82. The highest BCUT2D eigenvalue weighted by Crippen LogP contribution is 2.36. The molecule has 6 heteroatoms. The molecule has 1 aromatic heterocycles. The van der Waals surface area contributed by atoms with Crippen molar-refractivity contribution in [2.45, 2.75) is 45.3 Å². The third kappa shape index (κ3) is 3.10. The van der Waals surface area contributed by atoms with Crippen LogP contribution in [0.5, 0.6) is 0 Å². The summed E-state index contributed by atoms with van der Waals surface area (Å²) in [6.45, 7) is 5.58. The molecule has 0 bridgehead atoms. The van der Waals surface area contributed by atoms with Gasteiger partial charge < -0.3 is 9.67 Å². The molecule has 3 nitrogen and oxygen atoms in total. The fraction of sp³-hybridized carbons (Fsp3) is 0.438. The van der Waals surface area contributed by atoms with Crippen molar-refractivity contribution in [3.8, 4) is 0 Å². The highest BCUT2D eigenvalue weighted by Gasteiger charge is 2.31. The lowest BCUT2D eigenvalue weighted by Gasteiger charge is -2.10. The first-order valence-electron chi connectivity index (χ1n) is 7.04. The van der Waals surface area contributed by atoms with Gasteiger partial charge in [0.25, 0.3) is 0 Å². The Labute approximate surface area is 126 Å². The van der Waals surface area contributed by atoms with Gasteiger partial charge in [0, 0.05) is 23.1 Å². The van der Waals surface area contributed by atoms with E-state index >= 15 is 0 Å². The number of rotatable bonds is 4. The maximum Gasteiger partial charge on any atom is 0.416 e. The quantitative estimate of drug-likeness (QED) is 0.879. The van der Waals surface area contributed by atoms with Crippen LogP contribution >= 0.6 is 0 Å². The van der Waals surface area contributed by atoms with Gasteiger partial charge in [-0.25, -0.2) is 0 Å². The van der Waals surface area contributed by atoms with Crippen LogP contribution in [-0.4, -0.2) is 15.6 Å². The van der Waals surface area contributed by atoms with Gasteiger partial charge in [-0.05, 0) is 43.5 Å². The Morgan fingerprint density at radius 3 is 2.41 bits per heavy atom. The summed E-state index contributed by atoms with van der Waals surface area (Å²) < 4.78 is 40.6. The molecule has 120 valence electrons. The lowest BCUT2D eigenvalue weighted by atomic mass is 9.96. The predicted molar refractivity (Wildman–Crippen MR) is 78.0 cm³/mol. The molecule has 0 spiro atoms. The third-order valence-electron chi connectivity index (χ3n) is 3.76. The molecule has 0 aliphatic carbocycles. The van der Waals surface area contributed by atoms with Crippen LogP contribution in [0.2, 0.25) is 0 Å². The van der Waals surface area contributed by atoms with E-state index in [0.29, 0.717) is 16.5 Å². The van der Waals surface area contributed by atoms with Crippen LogP contribution in [0.4, 0.5) is 13.2 Å². The molecule has 1 heterocycles. The van der Waals surface area contributed by atoms with Gasteiger partial charge in [0.05, 0.1) is 12.0 Å². The Hall–Kier alpha value is -1.98. The lowest BCUT2D eigenvalue weighted by Crippen LogP contribution is -2.05. The molecule has 0 fully saturated rings. The maximum absolute atomic E-state index is 12.9. The summed E-state index contributed by atoms with van der Waals surface area (Å²) in [6.07, 6.45) is -2.77. The zero-order valence-corrected chi connectivity index (χ0v) is 12.6. The van der Waals surface area contributed by atoms with E-state index < -0.39 is 17.7 Å². The van der Waals surface area contributed by atoms with Crippen LogP contribution in [0.3, 0.4) is 0 Å². The van der Waals surface area contributed by atoms with Crippen LogP contribution in [0.1, 0.15) is 50.3 Å². The molecule has 0 radical (unpaired) electrons. The number of hydrogen-bond acceptors (Lipinski definition) is 1. The Bertz CT molecular complexity index is 701. The average Bonchev–Trinajstić information content (AvgIpc) is 2.75. The van der Waals surface area contributed by atoms with Crippen LogP contribution in [0.25, 0.3) is 10.9 Å². The zero-order chi connectivity index (χ0) is 16.7. The molecule has 0 amide bonds. The molecule has 1 aromatic carbocycles. The number of alkyl halides is 3. The van der Waals surface area contributed by atoms with Crippen molar-refractivity contribution in [2.24, 2.45) is 0 Å². The molecular weight excluding hydrogens is 295 g/mol. The summed E-state index contributed by atoms with van der Waals surface area (Å²) in [6, 6.07) is 3.70. The van der Waals surface area contributed by atoms with E-state index in [2.05, 4.69) is 0 Å². The van der Waals surface area contributed by atoms with Crippen molar-refractivity contribution in [2.75, 3.05) is 0 Å². The van der Waals surface area contributed by atoms with Gasteiger partial charge in [0.2, 0.25) is 0 Å². The Kier molecular flexibility index (Phi) is 4.22.